The Bertz CT molecular complexity index is 3070. The number of rotatable bonds is 7. The van der Waals surface area contributed by atoms with E-state index in [1.54, 1.807) is 0 Å². The molecule has 9 rings (SSSR count). The Kier molecular flexibility index (Phi) is 10.5. The lowest BCUT2D eigenvalue weighted by Gasteiger charge is -2.28. The fourth-order valence-electron chi connectivity index (χ4n) is 9.14. The van der Waals surface area contributed by atoms with Crippen LogP contribution in [-0.4, -0.2) is 24.6 Å². The maximum absolute atomic E-state index is 12.6. The number of pyridine rings is 2. The van der Waals surface area contributed by atoms with Gasteiger partial charge in [-0.05, 0) is 119 Å². The normalized spacial score (nSPS) is 12.0. The second-order valence-corrected chi connectivity index (χ2v) is 18.9. The minimum Gasteiger partial charge on any atom is -0.507 e. The SMILES string of the molecule is Cc1cc(C)c(-c2cc(-c3ccccn3)cc(-c3ccnc4c3nc(-c3cc(C(C)(C)C)cc(C(C)(C)C)c3O)n4-c3c(-c4ccccc4)cccc3-c3ccccc3)c2)c(C)c1. The summed E-state index contributed by atoms with van der Waals surface area (Å²) in [5.41, 5.74) is 18.4. The van der Waals surface area contributed by atoms with Gasteiger partial charge >= 0.3 is 0 Å². The van der Waals surface area contributed by atoms with Gasteiger partial charge in [-0.25, -0.2) is 9.97 Å². The quantitative estimate of drug-likeness (QED) is 0.174. The molecular weight excluding hydrogens is 769 g/mol. The molecule has 5 heteroatoms. The molecule has 0 fully saturated rings. The van der Waals surface area contributed by atoms with E-state index in [4.69, 9.17) is 15.0 Å². The standard InChI is InChI=1S/C58H54N4O/c1-36-29-37(2)51(38(3)30-36)43-32-41(31-42(33-43)50-25-16-17-27-59-50)45-26-28-60-56-52(45)61-55(48-34-44(57(4,5)6)35-49(54(48)63)58(7,8)9)62(56)53-46(39-19-12-10-13-20-39)23-18-24-47(53)40-21-14-11-15-22-40/h10-35,63H,1-9H3. The Morgan fingerprint density at radius 2 is 1.10 bits per heavy atom. The number of hydrogen-bond acceptors (Lipinski definition) is 4. The lowest BCUT2D eigenvalue weighted by atomic mass is 9.79. The van der Waals surface area contributed by atoms with E-state index in [2.05, 4.69) is 188 Å². The average Bonchev–Trinajstić information content (AvgIpc) is 3.65. The van der Waals surface area contributed by atoms with Crippen LogP contribution in [0, 0.1) is 20.8 Å². The molecule has 0 atom stereocenters. The highest BCUT2D eigenvalue weighted by Crippen LogP contribution is 2.47. The predicted octanol–water partition coefficient (Wildman–Crippen LogP) is 15.0. The second kappa shape index (κ2) is 16.0. The Morgan fingerprint density at radius 1 is 0.492 bits per heavy atom. The van der Waals surface area contributed by atoms with Gasteiger partial charge < -0.3 is 5.11 Å². The molecule has 0 aliphatic rings. The van der Waals surface area contributed by atoms with Gasteiger partial charge in [0.25, 0.3) is 0 Å². The van der Waals surface area contributed by atoms with Crippen molar-refractivity contribution in [2.24, 2.45) is 0 Å². The first kappa shape index (κ1) is 41.3. The summed E-state index contributed by atoms with van der Waals surface area (Å²) in [5, 5.41) is 12.6. The average molecular weight is 823 g/mol. The van der Waals surface area contributed by atoms with Crippen molar-refractivity contribution in [3.05, 3.63) is 186 Å². The first-order valence-electron chi connectivity index (χ1n) is 21.8. The van der Waals surface area contributed by atoms with Crippen LogP contribution in [0.5, 0.6) is 5.75 Å². The Morgan fingerprint density at radius 3 is 1.68 bits per heavy atom. The van der Waals surface area contributed by atoms with Crippen molar-refractivity contribution in [3.8, 4) is 78.6 Å². The summed E-state index contributed by atoms with van der Waals surface area (Å²) >= 11 is 0. The van der Waals surface area contributed by atoms with Gasteiger partial charge in [-0.1, -0.05) is 150 Å². The zero-order valence-corrected chi connectivity index (χ0v) is 37.7. The van der Waals surface area contributed by atoms with Gasteiger partial charge in [-0.3, -0.25) is 9.55 Å². The van der Waals surface area contributed by atoms with Gasteiger partial charge in [0.2, 0.25) is 0 Å². The van der Waals surface area contributed by atoms with E-state index in [0.29, 0.717) is 17.0 Å². The maximum atomic E-state index is 12.6. The molecule has 0 amide bonds. The highest BCUT2D eigenvalue weighted by atomic mass is 16.3. The molecule has 0 saturated heterocycles. The van der Waals surface area contributed by atoms with E-state index in [9.17, 15) is 5.11 Å². The Labute approximate surface area is 371 Å². The van der Waals surface area contributed by atoms with Crippen LogP contribution < -0.4 is 0 Å². The van der Waals surface area contributed by atoms with Crippen molar-refractivity contribution in [3.63, 3.8) is 0 Å². The smallest absolute Gasteiger partial charge is 0.165 e. The number of aromatic nitrogens is 4. The van der Waals surface area contributed by atoms with Crippen molar-refractivity contribution in [1.82, 2.24) is 19.5 Å². The lowest BCUT2D eigenvalue weighted by molar-refractivity contribution is 0.446. The molecule has 0 aliphatic carbocycles. The van der Waals surface area contributed by atoms with Crippen LogP contribution >= 0.6 is 0 Å². The number of phenolic OH excluding ortho intramolecular Hbond substituents is 1. The minimum absolute atomic E-state index is 0.214. The molecule has 0 aliphatic heterocycles. The molecule has 5 nitrogen and oxygen atoms in total. The van der Waals surface area contributed by atoms with Gasteiger partial charge in [-0.2, -0.15) is 0 Å². The van der Waals surface area contributed by atoms with E-state index < -0.39 is 0 Å². The monoisotopic (exact) mass is 822 g/mol. The molecule has 0 spiro atoms. The summed E-state index contributed by atoms with van der Waals surface area (Å²) in [7, 11) is 0. The van der Waals surface area contributed by atoms with E-state index >= 15 is 0 Å². The Balaban J connectivity index is 1.44. The zero-order chi connectivity index (χ0) is 44.2. The third kappa shape index (κ3) is 7.74. The van der Waals surface area contributed by atoms with Crippen molar-refractivity contribution in [2.75, 3.05) is 0 Å². The van der Waals surface area contributed by atoms with Crippen molar-refractivity contribution >= 4 is 11.2 Å². The number of aryl methyl sites for hydroxylation is 3. The third-order valence-electron chi connectivity index (χ3n) is 12.2. The van der Waals surface area contributed by atoms with Gasteiger partial charge in [0.05, 0.1) is 16.9 Å². The summed E-state index contributed by atoms with van der Waals surface area (Å²) < 4.78 is 2.20. The molecule has 0 unspecified atom stereocenters. The fourth-order valence-corrected chi connectivity index (χ4v) is 9.14. The second-order valence-electron chi connectivity index (χ2n) is 18.9. The zero-order valence-electron chi connectivity index (χ0n) is 37.7. The van der Waals surface area contributed by atoms with E-state index in [-0.39, 0.29) is 16.6 Å². The largest absolute Gasteiger partial charge is 0.507 e. The summed E-state index contributed by atoms with van der Waals surface area (Å²) in [6, 6.07) is 51.2. The number of imidazole rings is 1. The molecule has 63 heavy (non-hydrogen) atoms. The van der Waals surface area contributed by atoms with Crippen LogP contribution in [-0.2, 0) is 10.8 Å². The number of aromatic hydroxyl groups is 1. The predicted molar refractivity (Wildman–Crippen MR) is 263 cm³/mol. The van der Waals surface area contributed by atoms with Gasteiger partial charge in [0, 0.05) is 40.2 Å². The molecule has 6 aromatic carbocycles. The molecule has 312 valence electrons. The van der Waals surface area contributed by atoms with Crippen LogP contribution in [0.15, 0.2) is 158 Å². The van der Waals surface area contributed by atoms with Crippen molar-refractivity contribution in [1.29, 1.82) is 0 Å². The first-order chi connectivity index (χ1) is 30.2. The minimum atomic E-state index is -0.355. The number of phenols is 1. The molecule has 0 saturated carbocycles. The van der Waals surface area contributed by atoms with E-state index in [1.165, 1.54) is 22.3 Å². The van der Waals surface area contributed by atoms with Crippen LogP contribution in [0.1, 0.15) is 69.4 Å². The number of fused-ring (bicyclic) bond motifs is 1. The lowest BCUT2D eigenvalue weighted by Crippen LogP contribution is -2.17. The first-order valence-corrected chi connectivity index (χ1v) is 21.8. The van der Waals surface area contributed by atoms with Crippen molar-refractivity contribution in [2.45, 2.75) is 73.1 Å². The molecule has 3 aromatic heterocycles. The number of hydrogen-bond donors (Lipinski definition) is 1. The summed E-state index contributed by atoms with van der Waals surface area (Å²) in [6.07, 6.45) is 3.75. The van der Waals surface area contributed by atoms with E-state index in [1.807, 2.05) is 36.7 Å². The highest BCUT2D eigenvalue weighted by Gasteiger charge is 2.30. The molecular formula is C58H54N4O. The number of para-hydroxylation sites is 1. The Hall–Kier alpha value is -7.11. The van der Waals surface area contributed by atoms with Crippen molar-refractivity contribution < 1.29 is 5.11 Å². The highest BCUT2D eigenvalue weighted by molar-refractivity contribution is 5.98. The molecule has 0 bridgehead atoms. The van der Waals surface area contributed by atoms with Gasteiger partial charge in [0.1, 0.15) is 11.3 Å². The fraction of sp³-hybridized carbons (Fsp3) is 0.190. The third-order valence-corrected chi connectivity index (χ3v) is 12.2. The summed E-state index contributed by atoms with van der Waals surface area (Å²) in [4.78, 5) is 15.7. The van der Waals surface area contributed by atoms with Crippen LogP contribution in [0.2, 0.25) is 0 Å². The van der Waals surface area contributed by atoms with Gasteiger partial charge in [0.15, 0.2) is 11.5 Å². The topological polar surface area (TPSA) is 63.8 Å². The summed E-state index contributed by atoms with van der Waals surface area (Å²) in [5.74, 6) is 0.836. The van der Waals surface area contributed by atoms with Gasteiger partial charge in [-0.15, -0.1) is 0 Å². The van der Waals surface area contributed by atoms with E-state index in [0.717, 1.165) is 72.5 Å². The maximum Gasteiger partial charge on any atom is 0.165 e. The number of nitrogens with zero attached hydrogens (tertiary/aromatic N) is 4. The summed E-state index contributed by atoms with van der Waals surface area (Å²) in [6.45, 7) is 19.7. The molecule has 3 heterocycles. The number of benzene rings is 6. The molecule has 9 aromatic rings. The van der Waals surface area contributed by atoms with Crippen LogP contribution in [0.25, 0.3) is 84.0 Å². The molecule has 1 N–H and O–H groups in total. The van der Waals surface area contributed by atoms with Crippen LogP contribution in [0.4, 0.5) is 0 Å². The van der Waals surface area contributed by atoms with Crippen LogP contribution in [0.3, 0.4) is 0 Å². The molecule has 0 radical (unpaired) electrons.